The number of Topliss-reactive ketones (excluding diaryl/α,β-unsaturated/α-hetero) is 1. The van der Waals surface area contributed by atoms with Gasteiger partial charge in [-0.1, -0.05) is 30.3 Å². The fraction of sp³-hybridized carbons (Fsp3) is 0.286. The minimum absolute atomic E-state index is 0.138. The minimum Gasteiger partial charge on any atom is -0.367 e. The van der Waals surface area contributed by atoms with E-state index >= 15 is 0 Å². The molecule has 0 atom stereocenters. The largest absolute Gasteiger partial charge is 0.367 e. The van der Waals surface area contributed by atoms with Crippen molar-refractivity contribution in [3.63, 3.8) is 0 Å². The topological polar surface area (TPSA) is 39.3 Å². The van der Waals surface area contributed by atoms with Gasteiger partial charge in [0.15, 0.2) is 5.78 Å². The van der Waals surface area contributed by atoms with Gasteiger partial charge in [-0.05, 0) is 25.1 Å². The van der Waals surface area contributed by atoms with E-state index < -0.39 is 0 Å². The van der Waals surface area contributed by atoms with E-state index in [0.29, 0.717) is 12.2 Å². The maximum atomic E-state index is 13.9. The average molecular weight is 351 g/mol. The number of benzene rings is 2. The third-order valence-corrected chi connectivity index (χ3v) is 5.11. The number of nitrogens with one attached hydrogen (secondary N) is 1. The van der Waals surface area contributed by atoms with Crippen molar-refractivity contribution < 1.29 is 9.18 Å². The molecule has 0 bridgehead atoms. The molecule has 2 aromatic carbocycles. The van der Waals surface area contributed by atoms with Gasteiger partial charge in [0.1, 0.15) is 5.82 Å². The molecule has 4 rings (SSSR count). The summed E-state index contributed by atoms with van der Waals surface area (Å²) < 4.78 is 13.9. The highest BCUT2D eigenvalue weighted by molar-refractivity contribution is 6.10. The summed E-state index contributed by atoms with van der Waals surface area (Å²) in [5.74, 6) is -0.0502. The molecule has 1 aliphatic heterocycles. The molecule has 1 aromatic heterocycles. The van der Waals surface area contributed by atoms with Crippen molar-refractivity contribution in [2.45, 2.75) is 6.92 Å². The molecular formula is C21H22FN3O. The number of H-pyrrole nitrogens is 1. The summed E-state index contributed by atoms with van der Waals surface area (Å²) in [7, 11) is 0. The Morgan fingerprint density at radius 2 is 1.73 bits per heavy atom. The first-order valence-electron chi connectivity index (χ1n) is 8.96. The molecule has 0 saturated carbocycles. The van der Waals surface area contributed by atoms with Crippen molar-refractivity contribution in [1.82, 2.24) is 9.88 Å². The summed E-state index contributed by atoms with van der Waals surface area (Å²) in [4.78, 5) is 20.4. The highest BCUT2D eigenvalue weighted by Crippen LogP contribution is 2.23. The predicted octanol–water partition coefficient (Wildman–Crippen LogP) is 3.62. The second-order valence-electron chi connectivity index (χ2n) is 6.81. The van der Waals surface area contributed by atoms with Gasteiger partial charge >= 0.3 is 0 Å². The second-order valence-corrected chi connectivity index (χ2v) is 6.81. The first-order valence-corrected chi connectivity index (χ1v) is 8.96. The number of carbonyl (C=O) groups excluding carboxylic acids is 1. The van der Waals surface area contributed by atoms with Gasteiger partial charge in [-0.2, -0.15) is 0 Å². The molecule has 0 aliphatic carbocycles. The van der Waals surface area contributed by atoms with E-state index in [1.165, 1.54) is 6.07 Å². The number of anilines is 1. The van der Waals surface area contributed by atoms with Crippen LogP contribution in [0.3, 0.4) is 0 Å². The lowest BCUT2D eigenvalue weighted by Crippen LogP contribution is -2.48. The van der Waals surface area contributed by atoms with Gasteiger partial charge in [0.05, 0.1) is 12.2 Å². The number of aryl methyl sites for hydroxylation is 1. The molecule has 1 saturated heterocycles. The lowest BCUT2D eigenvalue weighted by molar-refractivity contribution is 0.0927. The van der Waals surface area contributed by atoms with E-state index in [1.54, 1.807) is 6.07 Å². The number of aromatic amines is 1. The SMILES string of the molecule is Cc1[nH]c2ccccc2c1C(=O)CN1CCN(c2ccccc2F)CC1. The van der Waals surface area contributed by atoms with Gasteiger partial charge in [-0.25, -0.2) is 4.39 Å². The van der Waals surface area contributed by atoms with Crippen molar-refractivity contribution in [3.8, 4) is 0 Å². The Hall–Kier alpha value is -2.66. The predicted molar refractivity (Wildman–Crippen MR) is 102 cm³/mol. The molecule has 0 radical (unpaired) electrons. The normalized spacial score (nSPS) is 15.5. The van der Waals surface area contributed by atoms with Crippen LogP contribution in [0.5, 0.6) is 0 Å². The molecule has 4 nitrogen and oxygen atoms in total. The summed E-state index contributed by atoms with van der Waals surface area (Å²) in [6, 6.07) is 14.8. The van der Waals surface area contributed by atoms with Crippen molar-refractivity contribution in [1.29, 1.82) is 0 Å². The average Bonchev–Trinajstić information content (AvgIpc) is 2.99. The Labute approximate surface area is 152 Å². The minimum atomic E-state index is -0.188. The van der Waals surface area contributed by atoms with Crippen LogP contribution < -0.4 is 4.90 Å². The van der Waals surface area contributed by atoms with Crippen LogP contribution in [0.1, 0.15) is 16.1 Å². The van der Waals surface area contributed by atoms with E-state index in [-0.39, 0.29) is 11.6 Å². The summed E-state index contributed by atoms with van der Waals surface area (Å²) in [6.45, 7) is 5.29. The van der Waals surface area contributed by atoms with Crippen molar-refractivity contribution >= 4 is 22.4 Å². The monoisotopic (exact) mass is 351 g/mol. The molecule has 1 fully saturated rings. The molecule has 26 heavy (non-hydrogen) atoms. The molecule has 0 unspecified atom stereocenters. The van der Waals surface area contributed by atoms with Crippen LogP contribution in [0.25, 0.3) is 10.9 Å². The van der Waals surface area contributed by atoms with Crippen LogP contribution in [0, 0.1) is 12.7 Å². The number of piperazine rings is 1. The Balaban J connectivity index is 1.43. The van der Waals surface area contributed by atoms with Gasteiger partial charge in [0, 0.05) is 48.3 Å². The first-order chi connectivity index (χ1) is 12.6. The van der Waals surface area contributed by atoms with E-state index in [0.717, 1.165) is 48.3 Å². The van der Waals surface area contributed by atoms with E-state index in [4.69, 9.17) is 0 Å². The zero-order chi connectivity index (χ0) is 18.1. The quantitative estimate of drug-likeness (QED) is 0.730. The Bertz CT molecular complexity index is 941. The Morgan fingerprint density at radius 1 is 1.04 bits per heavy atom. The van der Waals surface area contributed by atoms with Crippen LogP contribution in [0.4, 0.5) is 10.1 Å². The molecule has 5 heteroatoms. The number of rotatable bonds is 4. The summed E-state index contributed by atoms with van der Waals surface area (Å²) in [6.07, 6.45) is 0. The van der Waals surface area contributed by atoms with Crippen molar-refractivity contribution in [2.24, 2.45) is 0 Å². The molecule has 134 valence electrons. The van der Waals surface area contributed by atoms with Crippen LogP contribution in [-0.2, 0) is 0 Å². The fourth-order valence-corrected chi connectivity index (χ4v) is 3.77. The molecule has 0 amide bonds. The molecular weight excluding hydrogens is 329 g/mol. The van der Waals surface area contributed by atoms with Crippen molar-refractivity contribution in [2.75, 3.05) is 37.6 Å². The van der Waals surface area contributed by atoms with Gasteiger partial charge in [-0.15, -0.1) is 0 Å². The zero-order valence-electron chi connectivity index (χ0n) is 14.8. The first kappa shape index (κ1) is 16.8. The number of fused-ring (bicyclic) bond motifs is 1. The summed E-state index contributed by atoms with van der Waals surface area (Å²) in [5, 5.41) is 0.986. The number of nitrogens with zero attached hydrogens (tertiary/aromatic N) is 2. The Morgan fingerprint density at radius 3 is 2.50 bits per heavy atom. The highest BCUT2D eigenvalue weighted by atomic mass is 19.1. The van der Waals surface area contributed by atoms with Gasteiger partial charge in [0.2, 0.25) is 0 Å². The molecule has 3 aromatic rings. The van der Waals surface area contributed by atoms with E-state index in [2.05, 4.69) is 9.88 Å². The number of para-hydroxylation sites is 2. The third kappa shape index (κ3) is 3.10. The van der Waals surface area contributed by atoms with Crippen LogP contribution in [-0.4, -0.2) is 48.4 Å². The number of aromatic nitrogens is 1. The molecule has 0 spiro atoms. The van der Waals surface area contributed by atoms with Crippen LogP contribution >= 0.6 is 0 Å². The molecule has 1 N–H and O–H groups in total. The van der Waals surface area contributed by atoms with Crippen LogP contribution in [0.15, 0.2) is 48.5 Å². The second kappa shape index (κ2) is 6.92. The van der Waals surface area contributed by atoms with Crippen molar-refractivity contribution in [3.05, 3.63) is 65.6 Å². The summed E-state index contributed by atoms with van der Waals surface area (Å²) in [5.41, 5.74) is 3.35. The number of hydrogen-bond acceptors (Lipinski definition) is 3. The molecule has 1 aliphatic rings. The number of carbonyl (C=O) groups is 1. The number of halogens is 1. The van der Waals surface area contributed by atoms with E-state index in [1.807, 2.05) is 48.2 Å². The number of ketones is 1. The van der Waals surface area contributed by atoms with Gasteiger partial charge in [-0.3, -0.25) is 9.69 Å². The number of hydrogen-bond donors (Lipinski definition) is 1. The maximum absolute atomic E-state index is 13.9. The highest BCUT2D eigenvalue weighted by Gasteiger charge is 2.23. The standard InChI is InChI=1S/C21H22FN3O/c1-15-21(16-6-2-4-8-18(16)23-15)20(26)14-24-10-12-25(13-11-24)19-9-5-3-7-17(19)22/h2-9,23H,10-14H2,1H3. The maximum Gasteiger partial charge on any atom is 0.179 e. The van der Waals surface area contributed by atoms with Crippen LogP contribution in [0.2, 0.25) is 0 Å². The zero-order valence-corrected chi connectivity index (χ0v) is 14.8. The smallest absolute Gasteiger partial charge is 0.179 e. The molecule has 2 heterocycles. The fourth-order valence-electron chi connectivity index (χ4n) is 3.77. The lowest BCUT2D eigenvalue weighted by atomic mass is 10.1. The Kier molecular flexibility index (Phi) is 4.47. The third-order valence-electron chi connectivity index (χ3n) is 5.11. The lowest BCUT2D eigenvalue weighted by Gasteiger charge is -2.35. The van der Waals surface area contributed by atoms with Gasteiger partial charge < -0.3 is 9.88 Å². The summed E-state index contributed by atoms with van der Waals surface area (Å²) >= 11 is 0. The van der Waals surface area contributed by atoms with Gasteiger partial charge in [0.25, 0.3) is 0 Å². The van der Waals surface area contributed by atoms with E-state index in [9.17, 15) is 9.18 Å².